The van der Waals surface area contributed by atoms with Gasteiger partial charge in [0.1, 0.15) is 0 Å². The Hall–Kier alpha value is -0.550. The highest BCUT2D eigenvalue weighted by atomic mass is 16.3. The van der Waals surface area contributed by atoms with E-state index in [2.05, 4.69) is 13.0 Å². The van der Waals surface area contributed by atoms with Crippen molar-refractivity contribution in [1.29, 1.82) is 5.26 Å². The standard InChI is InChI=1S/C14H23NO/c1-12-5-4-9-14(16,10-6-12)13(11-15)7-2-3-8-13/h12,16H,2-10H2,1H3. The SMILES string of the molecule is CC1CCCC(O)(C2(C#N)CCCC2)CC1. The molecule has 0 aromatic heterocycles. The Morgan fingerprint density at radius 2 is 1.75 bits per heavy atom. The Bertz CT molecular complexity index is 288. The summed E-state index contributed by atoms with van der Waals surface area (Å²) >= 11 is 0. The van der Waals surface area contributed by atoms with E-state index in [-0.39, 0.29) is 0 Å². The van der Waals surface area contributed by atoms with Crippen molar-refractivity contribution in [3.8, 4) is 6.07 Å². The predicted octanol–water partition coefficient (Wildman–Crippen LogP) is 3.40. The first kappa shape index (κ1) is 11.9. The van der Waals surface area contributed by atoms with Gasteiger partial charge in [-0.1, -0.05) is 32.6 Å². The lowest BCUT2D eigenvalue weighted by atomic mass is 9.67. The molecular weight excluding hydrogens is 198 g/mol. The van der Waals surface area contributed by atoms with E-state index in [0.717, 1.165) is 51.4 Å². The molecule has 2 unspecified atom stereocenters. The maximum Gasteiger partial charge on any atom is 0.0860 e. The molecule has 0 amide bonds. The summed E-state index contributed by atoms with van der Waals surface area (Å²) in [6.07, 6.45) is 9.11. The van der Waals surface area contributed by atoms with Gasteiger partial charge in [-0.2, -0.15) is 5.26 Å². The van der Waals surface area contributed by atoms with Crippen LogP contribution in [0.2, 0.25) is 0 Å². The molecule has 0 aliphatic heterocycles. The van der Waals surface area contributed by atoms with Crippen LogP contribution < -0.4 is 0 Å². The highest BCUT2D eigenvalue weighted by Crippen LogP contribution is 2.51. The summed E-state index contributed by atoms with van der Waals surface area (Å²) in [6.45, 7) is 2.26. The number of nitriles is 1. The van der Waals surface area contributed by atoms with Crippen LogP contribution >= 0.6 is 0 Å². The van der Waals surface area contributed by atoms with E-state index in [1.54, 1.807) is 0 Å². The summed E-state index contributed by atoms with van der Waals surface area (Å²) < 4.78 is 0. The average Bonchev–Trinajstić information content (AvgIpc) is 2.70. The van der Waals surface area contributed by atoms with Crippen molar-refractivity contribution in [1.82, 2.24) is 0 Å². The summed E-state index contributed by atoms with van der Waals surface area (Å²) in [4.78, 5) is 0. The van der Waals surface area contributed by atoms with E-state index in [1.807, 2.05) is 0 Å². The number of rotatable bonds is 1. The maximum atomic E-state index is 10.9. The van der Waals surface area contributed by atoms with E-state index in [4.69, 9.17) is 0 Å². The Morgan fingerprint density at radius 3 is 2.38 bits per heavy atom. The summed E-state index contributed by atoms with van der Waals surface area (Å²) in [5.41, 5.74) is -1.11. The third-order valence-electron chi connectivity index (χ3n) is 4.90. The van der Waals surface area contributed by atoms with Crippen molar-refractivity contribution in [3.63, 3.8) is 0 Å². The third kappa shape index (κ3) is 1.86. The normalized spacial score (nSPS) is 38.9. The first-order valence-corrected chi connectivity index (χ1v) is 6.76. The summed E-state index contributed by atoms with van der Waals surface area (Å²) in [5.74, 6) is 0.714. The van der Waals surface area contributed by atoms with Crippen LogP contribution in [-0.4, -0.2) is 10.7 Å². The first-order valence-electron chi connectivity index (χ1n) is 6.76. The van der Waals surface area contributed by atoms with Gasteiger partial charge in [-0.05, 0) is 38.0 Å². The van der Waals surface area contributed by atoms with Gasteiger partial charge < -0.3 is 5.11 Å². The van der Waals surface area contributed by atoms with Crippen LogP contribution in [0.3, 0.4) is 0 Å². The molecule has 90 valence electrons. The molecule has 2 heteroatoms. The monoisotopic (exact) mass is 221 g/mol. The van der Waals surface area contributed by atoms with E-state index in [0.29, 0.717) is 5.92 Å². The second kappa shape index (κ2) is 4.37. The van der Waals surface area contributed by atoms with E-state index in [9.17, 15) is 10.4 Å². The highest BCUT2D eigenvalue weighted by molar-refractivity contribution is 5.13. The predicted molar refractivity (Wildman–Crippen MR) is 63.7 cm³/mol. The molecule has 2 fully saturated rings. The Kier molecular flexibility index (Phi) is 3.26. The topological polar surface area (TPSA) is 44.0 Å². The lowest BCUT2D eigenvalue weighted by molar-refractivity contribution is -0.0654. The molecule has 0 spiro atoms. The molecule has 0 saturated heterocycles. The number of nitrogens with zero attached hydrogens (tertiary/aromatic N) is 1. The third-order valence-corrected chi connectivity index (χ3v) is 4.90. The fraction of sp³-hybridized carbons (Fsp3) is 0.929. The van der Waals surface area contributed by atoms with Crippen LogP contribution in [0.15, 0.2) is 0 Å². The Balaban J connectivity index is 2.19. The minimum Gasteiger partial charge on any atom is -0.388 e. The molecule has 2 aliphatic carbocycles. The van der Waals surface area contributed by atoms with Crippen LogP contribution in [0, 0.1) is 22.7 Å². The zero-order chi connectivity index (χ0) is 11.6. The van der Waals surface area contributed by atoms with Crippen molar-refractivity contribution < 1.29 is 5.11 Å². The van der Waals surface area contributed by atoms with E-state index < -0.39 is 11.0 Å². The molecule has 2 rings (SSSR count). The smallest absolute Gasteiger partial charge is 0.0860 e. The Labute approximate surface area is 98.7 Å². The van der Waals surface area contributed by atoms with Crippen LogP contribution in [0.25, 0.3) is 0 Å². The van der Waals surface area contributed by atoms with Crippen molar-refractivity contribution in [2.24, 2.45) is 11.3 Å². The van der Waals surface area contributed by atoms with Crippen molar-refractivity contribution in [2.75, 3.05) is 0 Å². The average molecular weight is 221 g/mol. The van der Waals surface area contributed by atoms with Crippen molar-refractivity contribution in [2.45, 2.75) is 70.3 Å². The zero-order valence-electron chi connectivity index (χ0n) is 10.3. The number of aliphatic hydroxyl groups is 1. The fourth-order valence-electron chi connectivity index (χ4n) is 3.64. The summed E-state index contributed by atoms with van der Waals surface area (Å²) in [6, 6.07) is 2.48. The van der Waals surface area contributed by atoms with Gasteiger partial charge in [0.2, 0.25) is 0 Å². The molecule has 0 heterocycles. The van der Waals surface area contributed by atoms with Crippen LogP contribution in [0.4, 0.5) is 0 Å². The van der Waals surface area contributed by atoms with Crippen LogP contribution in [0.5, 0.6) is 0 Å². The molecule has 2 nitrogen and oxygen atoms in total. The van der Waals surface area contributed by atoms with Crippen molar-refractivity contribution in [3.05, 3.63) is 0 Å². The van der Waals surface area contributed by atoms with Gasteiger partial charge in [0, 0.05) is 0 Å². The zero-order valence-corrected chi connectivity index (χ0v) is 10.3. The molecule has 0 aromatic carbocycles. The Morgan fingerprint density at radius 1 is 1.06 bits per heavy atom. The van der Waals surface area contributed by atoms with Gasteiger partial charge in [0.15, 0.2) is 0 Å². The lowest BCUT2D eigenvalue weighted by Crippen LogP contribution is -2.45. The fourth-order valence-corrected chi connectivity index (χ4v) is 3.64. The van der Waals surface area contributed by atoms with E-state index >= 15 is 0 Å². The molecule has 0 bridgehead atoms. The summed E-state index contributed by atoms with van der Waals surface area (Å²) in [5, 5.41) is 20.4. The molecular formula is C14H23NO. The van der Waals surface area contributed by atoms with Crippen molar-refractivity contribution >= 4 is 0 Å². The highest BCUT2D eigenvalue weighted by Gasteiger charge is 2.52. The van der Waals surface area contributed by atoms with Gasteiger partial charge in [-0.15, -0.1) is 0 Å². The number of hydrogen-bond donors (Lipinski definition) is 1. The van der Waals surface area contributed by atoms with Gasteiger partial charge >= 0.3 is 0 Å². The molecule has 16 heavy (non-hydrogen) atoms. The molecule has 0 aromatic rings. The summed E-state index contributed by atoms with van der Waals surface area (Å²) in [7, 11) is 0. The quantitative estimate of drug-likeness (QED) is 0.690. The first-order chi connectivity index (χ1) is 7.62. The second-order valence-corrected chi connectivity index (χ2v) is 5.97. The van der Waals surface area contributed by atoms with Gasteiger partial charge in [0.05, 0.1) is 17.1 Å². The molecule has 2 aliphatic rings. The molecule has 0 radical (unpaired) electrons. The molecule has 2 atom stereocenters. The van der Waals surface area contributed by atoms with Gasteiger partial charge in [0.25, 0.3) is 0 Å². The molecule has 2 saturated carbocycles. The van der Waals surface area contributed by atoms with Crippen LogP contribution in [0.1, 0.15) is 64.7 Å². The largest absolute Gasteiger partial charge is 0.388 e. The number of hydrogen-bond acceptors (Lipinski definition) is 2. The van der Waals surface area contributed by atoms with Gasteiger partial charge in [-0.3, -0.25) is 0 Å². The minimum atomic E-state index is -0.691. The molecule has 1 N–H and O–H groups in total. The van der Waals surface area contributed by atoms with Gasteiger partial charge in [-0.25, -0.2) is 0 Å². The van der Waals surface area contributed by atoms with E-state index in [1.165, 1.54) is 6.42 Å². The minimum absolute atomic E-state index is 0.420. The maximum absolute atomic E-state index is 10.9. The lowest BCUT2D eigenvalue weighted by Gasteiger charge is -2.40. The second-order valence-electron chi connectivity index (χ2n) is 5.97. The van der Waals surface area contributed by atoms with Crippen LogP contribution in [-0.2, 0) is 0 Å².